The number of nitrogens with zero attached hydrogens (tertiary/aromatic N) is 1. The zero-order chi connectivity index (χ0) is 15.1. The van der Waals surface area contributed by atoms with Gasteiger partial charge in [0.15, 0.2) is 5.13 Å². The number of carbonyl (C=O) groups is 2. The minimum atomic E-state index is -0.209. The average Bonchev–Trinajstić information content (AvgIpc) is 2.84. The smallest absolute Gasteiger partial charge is 0.305 e. The van der Waals surface area contributed by atoms with Crippen LogP contribution in [0.4, 0.5) is 5.13 Å². The summed E-state index contributed by atoms with van der Waals surface area (Å²) in [6.07, 6.45) is 1.80. The molecule has 5 nitrogen and oxygen atoms in total. The van der Waals surface area contributed by atoms with Crippen molar-refractivity contribution in [1.82, 2.24) is 4.98 Å². The van der Waals surface area contributed by atoms with Gasteiger partial charge in [-0.3, -0.25) is 9.59 Å². The molecular weight excluding hydrogens is 276 g/mol. The van der Waals surface area contributed by atoms with Gasteiger partial charge in [0.05, 0.1) is 12.8 Å². The Balaban J connectivity index is 2.43. The molecule has 112 valence electrons. The maximum Gasteiger partial charge on any atom is 0.305 e. The SMILES string of the molecule is COC(=O)CCCc1csc(NC(=O)C(C)C(C)C)n1. The molecule has 20 heavy (non-hydrogen) atoms. The molecule has 1 aromatic heterocycles. The number of aromatic nitrogens is 1. The molecule has 0 aromatic carbocycles. The van der Waals surface area contributed by atoms with Gasteiger partial charge in [-0.25, -0.2) is 4.98 Å². The Morgan fingerprint density at radius 3 is 2.70 bits per heavy atom. The highest BCUT2D eigenvalue weighted by Crippen LogP contribution is 2.19. The van der Waals surface area contributed by atoms with Crippen molar-refractivity contribution in [2.24, 2.45) is 11.8 Å². The van der Waals surface area contributed by atoms with Crippen LogP contribution in [0.2, 0.25) is 0 Å². The molecule has 1 rings (SSSR count). The lowest BCUT2D eigenvalue weighted by Gasteiger charge is -2.13. The van der Waals surface area contributed by atoms with Gasteiger partial charge in [0, 0.05) is 17.7 Å². The number of carbonyl (C=O) groups excluding carboxylic acids is 2. The molecule has 0 saturated heterocycles. The molecule has 1 amide bonds. The number of rotatable bonds is 7. The van der Waals surface area contributed by atoms with E-state index < -0.39 is 0 Å². The fraction of sp³-hybridized carbons (Fsp3) is 0.643. The Labute approximate surface area is 123 Å². The molecule has 1 unspecified atom stereocenters. The summed E-state index contributed by atoms with van der Waals surface area (Å²) in [4.78, 5) is 27.2. The topological polar surface area (TPSA) is 68.3 Å². The number of nitrogens with one attached hydrogen (secondary N) is 1. The molecule has 0 saturated carbocycles. The van der Waals surface area contributed by atoms with Crippen LogP contribution in [-0.2, 0) is 20.7 Å². The lowest BCUT2D eigenvalue weighted by molar-refractivity contribution is -0.140. The highest BCUT2D eigenvalue weighted by atomic mass is 32.1. The first-order valence-corrected chi connectivity index (χ1v) is 7.64. The maximum atomic E-state index is 11.9. The van der Waals surface area contributed by atoms with E-state index in [4.69, 9.17) is 0 Å². The van der Waals surface area contributed by atoms with E-state index in [2.05, 4.69) is 15.0 Å². The van der Waals surface area contributed by atoms with Gasteiger partial charge in [0.1, 0.15) is 0 Å². The summed E-state index contributed by atoms with van der Waals surface area (Å²) in [5.74, 6) is 0.0474. The second-order valence-corrected chi connectivity index (χ2v) is 5.95. The monoisotopic (exact) mass is 298 g/mol. The predicted molar refractivity (Wildman–Crippen MR) is 79.7 cm³/mol. The van der Waals surface area contributed by atoms with Gasteiger partial charge < -0.3 is 10.1 Å². The largest absolute Gasteiger partial charge is 0.469 e. The fourth-order valence-electron chi connectivity index (χ4n) is 1.52. The zero-order valence-electron chi connectivity index (χ0n) is 12.4. The maximum absolute atomic E-state index is 11.9. The van der Waals surface area contributed by atoms with E-state index in [0.29, 0.717) is 30.3 Å². The highest BCUT2D eigenvalue weighted by molar-refractivity contribution is 7.13. The van der Waals surface area contributed by atoms with Crippen LogP contribution in [-0.4, -0.2) is 24.0 Å². The van der Waals surface area contributed by atoms with E-state index in [1.807, 2.05) is 26.2 Å². The van der Waals surface area contributed by atoms with Crippen molar-refractivity contribution in [2.75, 3.05) is 12.4 Å². The van der Waals surface area contributed by atoms with Gasteiger partial charge in [-0.05, 0) is 18.8 Å². The number of methoxy groups -OCH3 is 1. The van der Waals surface area contributed by atoms with Gasteiger partial charge >= 0.3 is 5.97 Å². The van der Waals surface area contributed by atoms with E-state index in [1.165, 1.54) is 18.4 Å². The van der Waals surface area contributed by atoms with Gasteiger partial charge in [0.2, 0.25) is 5.91 Å². The number of anilines is 1. The number of ether oxygens (including phenoxy) is 1. The summed E-state index contributed by atoms with van der Waals surface area (Å²) < 4.78 is 4.58. The normalized spacial score (nSPS) is 12.2. The molecule has 0 aliphatic carbocycles. The summed E-state index contributed by atoms with van der Waals surface area (Å²) in [6, 6.07) is 0. The first-order chi connectivity index (χ1) is 9.43. The van der Waals surface area contributed by atoms with Crippen molar-refractivity contribution in [3.63, 3.8) is 0 Å². The third-order valence-electron chi connectivity index (χ3n) is 3.24. The first-order valence-electron chi connectivity index (χ1n) is 6.76. The summed E-state index contributed by atoms with van der Waals surface area (Å²) in [7, 11) is 1.38. The number of hydrogen-bond acceptors (Lipinski definition) is 5. The molecule has 1 N–H and O–H groups in total. The van der Waals surface area contributed by atoms with Crippen LogP contribution >= 0.6 is 11.3 Å². The molecule has 1 atom stereocenters. The van der Waals surface area contributed by atoms with Gasteiger partial charge in [0.25, 0.3) is 0 Å². The summed E-state index contributed by atoms with van der Waals surface area (Å²) >= 11 is 1.41. The fourth-order valence-corrected chi connectivity index (χ4v) is 2.26. The van der Waals surface area contributed by atoms with E-state index in [0.717, 1.165) is 5.69 Å². The predicted octanol–water partition coefficient (Wildman–Crippen LogP) is 2.87. The van der Waals surface area contributed by atoms with Gasteiger partial charge in [-0.2, -0.15) is 0 Å². The minimum absolute atomic E-state index is 0.00420. The Morgan fingerprint density at radius 1 is 1.40 bits per heavy atom. The van der Waals surface area contributed by atoms with Crippen molar-refractivity contribution < 1.29 is 14.3 Å². The van der Waals surface area contributed by atoms with E-state index in [9.17, 15) is 9.59 Å². The lowest BCUT2D eigenvalue weighted by atomic mass is 9.97. The highest BCUT2D eigenvalue weighted by Gasteiger charge is 2.17. The average molecular weight is 298 g/mol. The van der Waals surface area contributed by atoms with Crippen LogP contribution in [0.3, 0.4) is 0 Å². The quantitative estimate of drug-likeness (QED) is 0.786. The van der Waals surface area contributed by atoms with Crippen LogP contribution in [0.1, 0.15) is 39.3 Å². The second-order valence-electron chi connectivity index (χ2n) is 5.10. The van der Waals surface area contributed by atoms with Crippen molar-refractivity contribution in [1.29, 1.82) is 0 Å². The van der Waals surface area contributed by atoms with Crippen molar-refractivity contribution in [2.45, 2.75) is 40.0 Å². The summed E-state index contributed by atoms with van der Waals surface area (Å²) in [6.45, 7) is 5.94. The molecule has 0 bridgehead atoms. The molecule has 0 spiro atoms. The van der Waals surface area contributed by atoms with Crippen molar-refractivity contribution >= 4 is 28.3 Å². The van der Waals surface area contributed by atoms with Crippen molar-refractivity contribution in [3.05, 3.63) is 11.1 Å². The zero-order valence-corrected chi connectivity index (χ0v) is 13.3. The van der Waals surface area contributed by atoms with E-state index in [1.54, 1.807) is 0 Å². The van der Waals surface area contributed by atoms with Crippen LogP contribution in [0.25, 0.3) is 0 Å². The van der Waals surface area contributed by atoms with Gasteiger partial charge in [-0.15, -0.1) is 11.3 Å². The molecule has 0 radical (unpaired) electrons. The molecule has 1 heterocycles. The Hall–Kier alpha value is -1.43. The number of esters is 1. The second kappa shape index (κ2) is 7.99. The molecule has 0 aliphatic heterocycles. The molecular formula is C14H22N2O3S. The number of hydrogen-bond donors (Lipinski definition) is 1. The van der Waals surface area contributed by atoms with Gasteiger partial charge in [-0.1, -0.05) is 20.8 Å². The van der Waals surface area contributed by atoms with Crippen LogP contribution in [0.5, 0.6) is 0 Å². The van der Waals surface area contributed by atoms with E-state index >= 15 is 0 Å². The molecule has 0 aliphatic rings. The standard InChI is InChI=1S/C14H22N2O3S/c1-9(2)10(3)13(18)16-14-15-11(8-20-14)6-5-7-12(17)19-4/h8-10H,5-7H2,1-4H3,(H,15,16,18). The van der Waals surface area contributed by atoms with Crippen LogP contribution < -0.4 is 5.32 Å². The van der Waals surface area contributed by atoms with Crippen LogP contribution in [0.15, 0.2) is 5.38 Å². The van der Waals surface area contributed by atoms with Crippen LogP contribution in [0, 0.1) is 11.8 Å². The summed E-state index contributed by atoms with van der Waals surface area (Å²) in [5.41, 5.74) is 0.895. The Bertz CT molecular complexity index is 457. The van der Waals surface area contributed by atoms with E-state index in [-0.39, 0.29) is 17.8 Å². The number of aryl methyl sites for hydroxylation is 1. The third-order valence-corrected chi connectivity index (χ3v) is 4.04. The number of thiazole rings is 1. The molecule has 6 heteroatoms. The number of amides is 1. The third kappa shape index (κ3) is 5.28. The Kier molecular flexibility index (Phi) is 6.64. The van der Waals surface area contributed by atoms with Crippen molar-refractivity contribution in [3.8, 4) is 0 Å². The molecule has 0 fully saturated rings. The first kappa shape index (κ1) is 16.6. The summed E-state index contributed by atoms with van der Waals surface area (Å²) in [5, 5.41) is 5.36. The molecule has 1 aromatic rings. The Morgan fingerprint density at radius 2 is 2.10 bits per heavy atom. The minimum Gasteiger partial charge on any atom is -0.469 e. The lowest BCUT2D eigenvalue weighted by Crippen LogP contribution is -2.24.